The highest BCUT2D eigenvalue weighted by molar-refractivity contribution is 5.89. The molecule has 7 heteroatoms. The molecule has 0 saturated heterocycles. The highest BCUT2D eigenvalue weighted by Crippen LogP contribution is 2.28. The Kier molecular flexibility index (Phi) is 4.49. The summed E-state index contributed by atoms with van der Waals surface area (Å²) in [6.45, 7) is 4.13. The third-order valence-corrected chi connectivity index (χ3v) is 4.55. The summed E-state index contributed by atoms with van der Waals surface area (Å²) < 4.78 is 12.4. The number of benzene rings is 2. The van der Waals surface area contributed by atoms with Crippen molar-refractivity contribution in [1.82, 2.24) is 19.7 Å². The third kappa shape index (κ3) is 3.18. The van der Waals surface area contributed by atoms with Gasteiger partial charge in [0.2, 0.25) is 5.88 Å². The number of ether oxygens (including phenoxy) is 2. The summed E-state index contributed by atoms with van der Waals surface area (Å²) in [5.41, 5.74) is 4.42. The van der Waals surface area contributed by atoms with Crippen molar-refractivity contribution in [2.24, 2.45) is 0 Å². The van der Waals surface area contributed by atoms with Crippen molar-refractivity contribution in [3.05, 3.63) is 71.7 Å². The molecule has 4 rings (SSSR count). The van der Waals surface area contributed by atoms with Gasteiger partial charge in [0.1, 0.15) is 17.5 Å². The van der Waals surface area contributed by atoms with Gasteiger partial charge in [0.05, 0.1) is 24.6 Å². The molecule has 0 unspecified atom stereocenters. The molecule has 2 heterocycles. The smallest absolute Gasteiger partial charge is 0.337 e. The van der Waals surface area contributed by atoms with Crippen LogP contribution >= 0.6 is 0 Å². The fourth-order valence-electron chi connectivity index (χ4n) is 2.84. The number of aromatic nitrogens is 4. The summed E-state index contributed by atoms with van der Waals surface area (Å²) in [4.78, 5) is 20.2. The predicted molar refractivity (Wildman–Crippen MR) is 104 cm³/mol. The second kappa shape index (κ2) is 7.11. The number of carbonyl (C=O) groups excluding carboxylic acids is 1. The zero-order valence-corrected chi connectivity index (χ0v) is 15.7. The maximum absolute atomic E-state index is 11.5. The minimum Gasteiger partial charge on any atom is -0.465 e. The van der Waals surface area contributed by atoms with Gasteiger partial charge in [-0.05, 0) is 61.4 Å². The number of hydrogen-bond donors (Lipinski definition) is 0. The molecule has 0 spiro atoms. The summed E-state index contributed by atoms with van der Waals surface area (Å²) in [5.74, 6) is 0.545. The quantitative estimate of drug-likeness (QED) is 0.502. The minimum atomic E-state index is -0.398. The first kappa shape index (κ1) is 17.7. The van der Waals surface area contributed by atoms with E-state index in [0.29, 0.717) is 28.2 Å². The monoisotopic (exact) mass is 374 g/mol. The van der Waals surface area contributed by atoms with Crippen LogP contribution in [0.3, 0.4) is 0 Å². The van der Waals surface area contributed by atoms with E-state index in [0.717, 1.165) is 5.69 Å². The normalized spacial score (nSPS) is 10.8. The van der Waals surface area contributed by atoms with Crippen molar-refractivity contribution < 1.29 is 14.3 Å². The van der Waals surface area contributed by atoms with E-state index in [1.165, 1.54) is 24.6 Å². The van der Waals surface area contributed by atoms with Gasteiger partial charge in [-0.1, -0.05) is 6.07 Å². The summed E-state index contributed by atoms with van der Waals surface area (Å²) >= 11 is 0. The fourth-order valence-corrected chi connectivity index (χ4v) is 2.84. The van der Waals surface area contributed by atoms with Crippen LogP contribution in [0, 0.1) is 13.8 Å². The van der Waals surface area contributed by atoms with E-state index in [1.807, 2.05) is 6.07 Å². The molecule has 0 aliphatic heterocycles. The van der Waals surface area contributed by atoms with Gasteiger partial charge in [0, 0.05) is 0 Å². The molecule has 0 aliphatic carbocycles. The van der Waals surface area contributed by atoms with E-state index >= 15 is 0 Å². The highest BCUT2D eigenvalue weighted by Gasteiger charge is 2.14. The molecule has 28 heavy (non-hydrogen) atoms. The molecule has 140 valence electrons. The van der Waals surface area contributed by atoms with Gasteiger partial charge in [-0.15, -0.1) is 0 Å². The van der Waals surface area contributed by atoms with Crippen LogP contribution in [0.4, 0.5) is 0 Å². The Bertz CT molecular complexity index is 1170. The molecule has 0 radical (unpaired) electrons. The third-order valence-electron chi connectivity index (χ3n) is 4.55. The van der Waals surface area contributed by atoms with Gasteiger partial charge in [-0.3, -0.25) is 0 Å². The predicted octanol–water partition coefficient (Wildman–Crippen LogP) is 4.01. The summed E-state index contributed by atoms with van der Waals surface area (Å²) in [6, 6.07) is 12.8. The lowest BCUT2D eigenvalue weighted by atomic mass is 10.1. The summed E-state index contributed by atoms with van der Waals surface area (Å²) in [5, 5.41) is 5.15. The topological polar surface area (TPSA) is 79.1 Å². The van der Waals surface area contributed by atoms with E-state index in [9.17, 15) is 4.79 Å². The number of nitrogens with zero attached hydrogens (tertiary/aromatic N) is 4. The number of fused-ring (bicyclic) bond motifs is 1. The van der Waals surface area contributed by atoms with Gasteiger partial charge in [0.15, 0.2) is 5.65 Å². The van der Waals surface area contributed by atoms with Gasteiger partial charge >= 0.3 is 5.97 Å². The Labute approximate surface area is 161 Å². The molecular weight excluding hydrogens is 356 g/mol. The molecule has 0 amide bonds. The van der Waals surface area contributed by atoms with Crippen molar-refractivity contribution in [2.75, 3.05) is 7.11 Å². The lowest BCUT2D eigenvalue weighted by molar-refractivity contribution is 0.0600. The molecule has 0 saturated carbocycles. The SMILES string of the molecule is COC(=O)c1ccc(Oc2ncnc3c2cnn3-c2ccc(C)c(C)c2)cc1. The molecule has 0 bridgehead atoms. The van der Waals surface area contributed by atoms with Crippen LogP contribution in [-0.2, 0) is 4.74 Å². The largest absolute Gasteiger partial charge is 0.465 e. The van der Waals surface area contributed by atoms with Crippen LogP contribution in [0.5, 0.6) is 11.6 Å². The van der Waals surface area contributed by atoms with E-state index in [-0.39, 0.29) is 0 Å². The van der Waals surface area contributed by atoms with E-state index in [2.05, 4.69) is 41.0 Å². The Hall–Kier alpha value is -3.74. The molecular formula is C21H18N4O3. The summed E-state index contributed by atoms with van der Waals surface area (Å²) in [6.07, 6.45) is 3.13. The first-order valence-corrected chi connectivity index (χ1v) is 8.69. The molecule has 0 aliphatic rings. The first-order chi connectivity index (χ1) is 13.6. The van der Waals surface area contributed by atoms with Gasteiger partial charge in [-0.2, -0.15) is 5.10 Å². The fraction of sp³-hybridized carbons (Fsp3) is 0.143. The number of esters is 1. The average Bonchev–Trinajstić information content (AvgIpc) is 3.15. The van der Waals surface area contributed by atoms with Crippen molar-refractivity contribution in [3.8, 4) is 17.3 Å². The van der Waals surface area contributed by atoms with Crippen LogP contribution in [-0.4, -0.2) is 32.8 Å². The van der Waals surface area contributed by atoms with E-state index in [1.54, 1.807) is 35.1 Å². The number of hydrogen-bond acceptors (Lipinski definition) is 6. The number of methoxy groups -OCH3 is 1. The maximum atomic E-state index is 11.5. The van der Waals surface area contributed by atoms with Crippen LogP contribution in [0.25, 0.3) is 16.7 Å². The Morgan fingerprint density at radius 2 is 1.79 bits per heavy atom. The molecule has 0 N–H and O–H groups in total. The molecule has 7 nitrogen and oxygen atoms in total. The van der Waals surface area contributed by atoms with Crippen LogP contribution < -0.4 is 4.74 Å². The second-order valence-electron chi connectivity index (χ2n) is 6.36. The van der Waals surface area contributed by atoms with Crippen molar-refractivity contribution >= 4 is 17.0 Å². The minimum absolute atomic E-state index is 0.394. The average molecular weight is 374 g/mol. The van der Waals surface area contributed by atoms with Gasteiger partial charge < -0.3 is 9.47 Å². The lowest BCUT2D eigenvalue weighted by Crippen LogP contribution is -2.01. The molecule has 0 fully saturated rings. The van der Waals surface area contributed by atoms with E-state index in [4.69, 9.17) is 9.47 Å². The number of carbonyl (C=O) groups is 1. The molecule has 0 atom stereocenters. The zero-order chi connectivity index (χ0) is 19.7. The van der Waals surface area contributed by atoms with Crippen LogP contribution in [0.15, 0.2) is 55.0 Å². The molecule has 2 aromatic carbocycles. The Morgan fingerprint density at radius 1 is 1.00 bits per heavy atom. The zero-order valence-electron chi connectivity index (χ0n) is 15.7. The Morgan fingerprint density at radius 3 is 2.50 bits per heavy atom. The number of aryl methyl sites for hydroxylation is 2. The van der Waals surface area contributed by atoms with Gasteiger partial charge in [-0.25, -0.2) is 19.4 Å². The van der Waals surface area contributed by atoms with Crippen molar-refractivity contribution in [1.29, 1.82) is 0 Å². The van der Waals surface area contributed by atoms with Crippen molar-refractivity contribution in [2.45, 2.75) is 13.8 Å². The number of rotatable bonds is 4. The molecule has 4 aromatic rings. The van der Waals surface area contributed by atoms with Crippen LogP contribution in [0.2, 0.25) is 0 Å². The van der Waals surface area contributed by atoms with Crippen LogP contribution in [0.1, 0.15) is 21.5 Å². The lowest BCUT2D eigenvalue weighted by Gasteiger charge is -2.08. The second-order valence-corrected chi connectivity index (χ2v) is 6.36. The highest BCUT2D eigenvalue weighted by atomic mass is 16.5. The van der Waals surface area contributed by atoms with Crippen molar-refractivity contribution in [3.63, 3.8) is 0 Å². The maximum Gasteiger partial charge on any atom is 0.337 e. The Balaban J connectivity index is 1.68. The van der Waals surface area contributed by atoms with Gasteiger partial charge in [0.25, 0.3) is 0 Å². The first-order valence-electron chi connectivity index (χ1n) is 8.69. The summed E-state index contributed by atoms with van der Waals surface area (Å²) in [7, 11) is 1.34. The standard InChI is InChI=1S/C21H18N4O3/c1-13-4-7-16(10-14(13)2)25-19-18(11-24-25)20(23-12-22-19)28-17-8-5-15(6-9-17)21(26)27-3/h4-12H,1-3H3. The molecule has 2 aromatic heterocycles. The van der Waals surface area contributed by atoms with E-state index < -0.39 is 5.97 Å².